The van der Waals surface area contributed by atoms with Crippen molar-refractivity contribution < 1.29 is 17.6 Å². The lowest BCUT2D eigenvalue weighted by molar-refractivity contribution is 0.519. The van der Waals surface area contributed by atoms with Gasteiger partial charge in [-0.05, 0) is 43.3 Å². The summed E-state index contributed by atoms with van der Waals surface area (Å²) in [4.78, 5) is 0. The van der Waals surface area contributed by atoms with Gasteiger partial charge in [0.05, 0.1) is 5.02 Å². The van der Waals surface area contributed by atoms with Crippen LogP contribution in [0, 0.1) is 23.3 Å². The molecule has 0 bridgehead atoms. The summed E-state index contributed by atoms with van der Waals surface area (Å²) in [5, 5.41) is 2.48. The summed E-state index contributed by atoms with van der Waals surface area (Å²) in [5.41, 5.74) is 0.380. The largest absolute Gasteiger partial charge is 0.313 e. The number of benzene rings is 2. The maximum absolute atomic E-state index is 13.9. The molecular weight excluding hydrogens is 306 g/mol. The second-order valence-corrected chi connectivity index (χ2v) is 5.02. The van der Waals surface area contributed by atoms with Crippen LogP contribution >= 0.6 is 11.6 Å². The van der Waals surface area contributed by atoms with Crippen LogP contribution in [0.5, 0.6) is 0 Å². The van der Waals surface area contributed by atoms with E-state index in [-0.39, 0.29) is 17.0 Å². The fourth-order valence-corrected chi connectivity index (χ4v) is 2.29. The van der Waals surface area contributed by atoms with Crippen LogP contribution in [-0.4, -0.2) is 7.05 Å². The van der Waals surface area contributed by atoms with E-state index in [4.69, 9.17) is 11.6 Å². The molecule has 2 aromatic carbocycles. The normalized spacial score (nSPS) is 12.5. The minimum Gasteiger partial charge on any atom is -0.313 e. The summed E-state index contributed by atoms with van der Waals surface area (Å²) >= 11 is 5.50. The van der Waals surface area contributed by atoms with Gasteiger partial charge in [-0.1, -0.05) is 11.6 Å². The van der Waals surface area contributed by atoms with E-state index in [1.165, 1.54) is 0 Å². The van der Waals surface area contributed by atoms with Gasteiger partial charge in [0, 0.05) is 17.7 Å². The quantitative estimate of drug-likeness (QED) is 0.651. The summed E-state index contributed by atoms with van der Waals surface area (Å²) in [7, 11) is 1.55. The molecule has 1 N–H and O–H groups in total. The first-order valence-electron chi connectivity index (χ1n) is 6.17. The average Bonchev–Trinajstić information content (AvgIpc) is 2.39. The Hall–Kier alpha value is -1.59. The first-order chi connectivity index (χ1) is 9.90. The molecule has 112 valence electrons. The third-order valence-corrected chi connectivity index (χ3v) is 3.42. The van der Waals surface area contributed by atoms with E-state index in [1.807, 2.05) is 0 Å². The standard InChI is InChI=1S/C15H12ClF4N/c1-21-15(4-8-2-9(17)5-10(18)3-8)11-6-14(20)12(16)7-13(11)19/h2-3,5-7,15,21H,4H2,1H3. The van der Waals surface area contributed by atoms with Crippen molar-refractivity contribution in [2.75, 3.05) is 7.05 Å². The first-order valence-corrected chi connectivity index (χ1v) is 6.55. The number of hydrogen-bond donors (Lipinski definition) is 1. The molecule has 0 fully saturated rings. The van der Waals surface area contributed by atoms with Gasteiger partial charge in [0.25, 0.3) is 0 Å². The van der Waals surface area contributed by atoms with Gasteiger partial charge in [0.2, 0.25) is 0 Å². The molecule has 0 amide bonds. The summed E-state index contributed by atoms with van der Waals surface area (Å²) in [5.74, 6) is -2.87. The maximum atomic E-state index is 13.9. The highest BCUT2D eigenvalue weighted by molar-refractivity contribution is 6.30. The van der Waals surface area contributed by atoms with Crippen LogP contribution in [0.2, 0.25) is 5.02 Å². The molecule has 0 saturated heterocycles. The van der Waals surface area contributed by atoms with E-state index in [2.05, 4.69) is 5.32 Å². The molecule has 1 unspecified atom stereocenters. The molecule has 2 rings (SSSR count). The third kappa shape index (κ3) is 3.74. The molecule has 2 aromatic rings. The van der Waals surface area contributed by atoms with Crippen molar-refractivity contribution in [1.82, 2.24) is 5.32 Å². The molecule has 21 heavy (non-hydrogen) atoms. The predicted molar refractivity (Wildman–Crippen MR) is 73.2 cm³/mol. The molecule has 0 saturated carbocycles. The van der Waals surface area contributed by atoms with Crippen LogP contribution in [-0.2, 0) is 6.42 Å². The van der Waals surface area contributed by atoms with E-state index in [1.54, 1.807) is 7.05 Å². The van der Waals surface area contributed by atoms with Gasteiger partial charge in [-0.15, -0.1) is 0 Å². The Bertz CT molecular complexity index is 640. The third-order valence-electron chi connectivity index (χ3n) is 3.13. The molecule has 0 spiro atoms. The minimum atomic E-state index is -0.751. The SMILES string of the molecule is CNC(Cc1cc(F)cc(F)c1)c1cc(F)c(Cl)cc1F. The second-order valence-electron chi connectivity index (χ2n) is 4.61. The number of rotatable bonds is 4. The van der Waals surface area contributed by atoms with E-state index < -0.39 is 29.3 Å². The molecule has 6 heteroatoms. The summed E-state index contributed by atoms with van der Waals surface area (Å²) < 4.78 is 53.7. The lowest BCUT2D eigenvalue weighted by Gasteiger charge is -2.18. The molecule has 0 heterocycles. The average molecular weight is 318 g/mol. The highest BCUT2D eigenvalue weighted by Crippen LogP contribution is 2.26. The summed E-state index contributed by atoms with van der Waals surface area (Å²) in [6.45, 7) is 0. The van der Waals surface area contributed by atoms with Gasteiger partial charge in [-0.25, -0.2) is 17.6 Å². The van der Waals surface area contributed by atoms with Crippen LogP contribution in [0.15, 0.2) is 30.3 Å². The number of halogens is 5. The van der Waals surface area contributed by atoms with Crippen LogP contribution in [0.4, 0.5) is 17.6 Å². The Labute approximate surface area is 124 Å². The van der Waals surface area contributed by atoms with Crippen LogP contribution in [0.1, 0.15) is 17.2 Å². The van der Waals surface area contributed by atoms with Gasteiger partial charge in [0.1, 0.15) is 23.3 Å². The van der Waals surface area contributed by atoms with Crippen molar-refractivity contribution in [3.63, 3.8) is 0 Å². The maximum Gasteiger partial charge on any atom is 0.142 e. The Kier molecular flexibility index (Phi) is 4.85. The molecular formula is C15H12ClF4N. The van der Waals surface area contributed by atoms with Crippen LogP contribution in [0.25, 0.3) is 0 Å². The lowest BCUT2D eigenvalue weighted by atomic mass is 9.98. The van der Waals surface area contributed by atoms with Gasteiger partial charge in [0.15, 0.2) is 0 Å². The molecule has 0 aromatic heterocycles. The Morgan fingerprint density at radius 3 is 2.14 bits per heavy atom. The highest BCUT2D eigenvalue weighted by Gasteiger charge is 2.18. The Morgan fingerprint density at radius 2 is 1.57 bits per heavy atom. The highest BCUT2D eigenvalue weighted by atomic mass is 35.5. The van der Waals surface area contributed by atoms with Crippen molar-refractivity contribution >= 4 is 11.6 Å². The zero-order valence-corrected chi connectivity index (χ0v) is 11.8. The van der Waals surface area contributed by atoms with E-state index >= 15 is 0 Å². The Balaban J connectivity index is 2.34. The van der Waals surface area contributed by atoms with Gasteiger partial charge >= 0.3 is 0 Å². The predicted octanol–water partition coefficient (Wildman–Crippen LogP) is 4.40. The van der Waals surface area contributed by atoms with Gasteiger partial charge in [-0.3, -0.25) is 0 Å². The van der Waals surface area contributed by atoms with Gasteiger partial charge in [-0.2, -0.15) is 0 Å². The smallest absolute Gasteiger partial charge is 0.142 e. The van der Waals surface area contributed by atoms with Gasteiger partial charge < -0.3 is 5.32 Å². The first kappa shape index (κ1) is 15.8. The van der Waals surface area contributed by atoms with E-state index in [9.17, 15) is 17.6 Å². The monoisotopic (exact) mass is 317 g/mol. The minimum absolute atomic E-state index is 0.0454. The van der Waals surface area contributed by atoms with Crippen LogP contribution in [0.3, 0.4) is 0 Å². The molecule has 0 aliphatic heterocycles. The van der Waals surface area contributed by atoms with E-state index in [0.29, 0.717) is 5.56 Å². The molecule has 0 aliphatic rings. The number of likely N-dealkylation sites (N-methyl/N-ethyl adjacent to an activating group) is 1. The number of hydrogen-bond acceptors (Lipinski definition) is 1. The number of nitrogens with one attached hydrogen (secondary N) is 1. The second kappa shape index (κ2) is 6.45. The lowest BCUT2D eigenvalue weighted by Crippen LogP contribution is -2.20. The van der Waals surface area contributed by atoms with Crippen LogP contribution < -0.4 is 5.32 Å². The molecule has 0 radical (unpaired) electrons. The molecule has 1 nitrogen and oxygen atoms in total. The van der Waals surface area contributed by atoms with Crippen molar-refractivity contribution in [3.05, 3.63) is 69.8 Å². The zero-order chi connectivity index (χ0) is 15.6. The summed E-state index contributed by atoms with van der Waals surface area (Å²) in [6, 6.07) is 4.27. The van der Waals surface area contributed by atoms with Crippen molar-refractivity contribution in [1.29, 1.82) is 0 Å². The fraction of sp³-hybridized carbons (Fsp3) is 0.200. The molecule has 0 aliphatic carbocycles. The molecule has 1 atom stereocenters. The Morgan fingerprint density at radius 1 is 0.952 bits per heavy atom. The topological polar surface area (TPSA) is 12.0 Å². The van der Waals surface area contributed by atoms with Crippen molar-refractivity contribution in [2.45, 2.75) is 12.5 Å². The van der Waals surface area contributed by atoms with E-state index in [0.717, 1.165) is 30.3 Å². The van der Waals surface area contributed by atoms with Crippen molar-refractivity contribution in [3.8, 4) is 0 Å². The zero-order valence-electron chi connectivity index (χ0n) is 11.1. The fourth-order valence-electron chi connectivity index (χ4n) is 2.14. The van der Waals surface area contributed by atoms with Crippen molar-refractivity contribution in [2.24, 2.45) is 0 Å². The summed E-state index contributed by atoms with van der Waals surface area (Å²) in [6.07, 6.45) is 0.100.